The Labute approximate surface area is 218 Å². The normalized spacial score (nSPS) is 20.9. The van der Waals surface area contributed by atoms with Gasteiger partial charge in [0.25, 0.3) is 15.8 Å². The zero-order valence-corrected chi connectivity index (χ0v) is 22.6. The van der Waals surface area contributed by atoms with Gasteiger partial charge in [0.05, 0.1) is 12.3 Å². The van der Waals surface area contributed by atoms with Crippen molar-refractivity contribution >= 4 is 15.7 Å². The molecule has 37 heavy (non-hydrogen) atoms. The van der Waals surface area contributed by atoms with Gasteiger partial charge in [-0.25, -0.2) is 4.31 Å². The highest BCUT2D eigenvalue weighted by Gasteiger charge is 2.40. The maximum atomic E-state index is 13.6. The van der Waals surface area contributed by atoms with Crippen LogP contribution in [-0.4, -0.2) is 51.0 Å². The number of quaternary nitrogens is 2. The molecule has 1 saturated heterocycles. The van der Waals surface area contributed by atoms with E-state index in [9.17, 15) is 13.2 Å². The first-order valence-corrected chi connectivity index (χ1v) is 14.6. The first-order chi connectivity index (χ1) is 17.6. The number of benzene rings is 2. The van der Waals surface area contributed by atoms with E-state index in [0.717, 1.165) is 34.4 Å². The van der Waals surface area contributed by atoms with Crippen LogP contribution in [0.4, 0.5) is 5.69 Å². The summed E-state index contributed by atoms with van der Waals surface area (Å²) in [7, 11) is -3.35. The minimum absolute atomic E-state index is 0.0282. The standard InChI is InChI=1S/C28H34N4O4S/c1-21-6-4-8-23(16-21)19-37(34,35)31-14-12-30(13-15-31)25-18-29-32(24-9-5-7-22(2)17-24)27(33)26(25)36-20-28(3)10-11-28/h4-9,16-18H,10-15,19-20H2,1-3H3/p+2. The predicted molar refractivity (Wildman–Crippen MR) is 142 cm³/mol. The molecule has 0 atom stereocenters. The Kier molecular flexibility index (Phi) is 6.95. The second-order valence-electron chi connectivity index (χ2n) is 10.9. The molecule has 1 saturated carbocycles. The van der Waals surface area contributed by atoms with Gasteiger partial charge >= 0.3 is 5.56 Å². The number of aryl methyl sites for hydroxylation is 2. The molecule has 5 rings (SSSR count). The zero-order chi connectivity index (χ0) is 26.2. The number of aromatic nitrogens is 2. The molecule has 1 aliphatic heterocycles. The van der Waals surface area contributed by atoms with Crippen LogP contribution in [0.15, 0.2) is 59.5 Å². The van der Waals surface area contributed by atoms with Gasteiger partial charge in [0.15, 0.2) is 5.69 Å². The van der Waals surface area contributed by atoms with Crippen LogP contribution in [0.3, 0.4) is 0 Å². The summed E-state index contributed by atoms with van der Waals surface area (Å²) in [4.78, 5) is 14.6. The second kappa shape index (κ2) is 10.0. The molecule has 0 unspecified atom stereocenters. The number of piperazine rings is 1. The van der Waals surface area contributed by atoms with Crippen LogP contribution in [0.5, 0.6) is 5.75 Å². The topological polar surface area (TPSA) is 87.1 Å². The molecule has 9 heteroatoms. The Balaban J connectivity index is 1.37. The minimum atomic E-state index is -3.35. The lowest BCUT2D eigenvalue weighted by atomic mass is 10.2. The number of rotatable bonds is 8. The molecule has 0 spiro atoms. The molecule has 2 aromatic carbocycles. The molecule has 0 amide bonds. The number of nitrogens with one attached hydrogen (secondary N) is 2. The van der Waals surface area contributed by atoms with Crippen molar-refractivity contribution in [1.82, 2.24) is 9.78 Å². The molecule has 0 radical (unpaired) electrons. The summed E-state index contributed by atoms with van der Waals surface area (Å²) in [6.45, 7) is 8.67. The number of nitrogens with zero attached hydrogens (tertiary/aromatic N) is 2. The van der Waals surface area contributed by atoms with Crippen molar-refractivity contribution in [2.45, 2.75) is 39.4 Å². The summed E-state index contributed by atoms with van der Waals surface area (Å²) in [6.07, 6.45) is 3.90. The van der Waals surface area contributed by atoms with Gasteiger partial charge in [0.2, 0.25) is 0 Å². The van der Waals surface area contributed by atoms with Gasteiger partial charge < -0.3 is 4.74 Å². The smallest absolute Gasteiger partial charge is 0.320 e. The van der Waals surface area contributed by atoms with E-state index in [1.165, 1.54) is 4.68 Å². The van der Waals surface area contributed by atoms with Crippen molar-refractivity contribution in [3.05, 3.63) is 81.8 Å². The van der Waals surface area contributed by atoms with E-state index in [4.69, 9.17) is 4.74 Å². The summed E-state index contributed by atoms with van der Waals surface area (Å²) in [5, 5.41) is 4.50. The van der Waals surface area contributed by atoms with Crippen molar-refractivity contribution in [2.24, 2.45) is 5.41 Å². The molecule has 2 N–H and O–H groups in total. The molecular formula is C28H36N4O4S+2. The van der Waals surface area contributed by atoms with E-state index in [1.807, 2.05) is 62.4 Å². The third-order valence-electron chi connectivity index (χ3n) is 7.52. The lowest BCUT2D eigenvalue weighted by molar-refractivity contribution is -0.926. The number of hydrogen-bond acceptors (Lipinski definition) is 5. The maximum Gasteiger partial charge on any atom is 0.320 e. The average Bonchev–Trinajstić information content (AvgIpc) is 3.60. The highest BCUT2D eigenvalue weighted by atomic mass is 32.2. The molecular weight excluding hydrogens is 488 g/mol. The Morgan fingerprint density at radius 2 is 1.68 bits per heavy atom. The monoisotopic (exact) mass is 524 g/mol. The van der Waals surface area contributed by atoms with E-state index >= 15 is 0 Å². The number of hydrogen-bond donors (Lipinski definition) is 2. The lowest BCUT2D eigenvalue weighted by Crippen LogP contribution is -3.27. The molecule has 3 aromatic rings. The summed E-state index contributed by atoms with van der Waals surface area (Å²) in [6, 6.07) is 15.3. The maximum absolute atomic E-state index is 13.6. The average molecular weight is 525 g/mol. The quantitative estimate of drug-likeness (QED) is 0.459. The molecule has 8 nitrogen and oxygen atoms in total. The molecule has 196 valence electrons. The van der Waals surface area contributed by atoms with Gasteiger partial charge in [-0.05, 0) is 49.9 Å². The lowest BCUT2D eigenvalue weighted by Gasteiger charge is -2.29. The van der Waals surface area contributed by atoms with Gasteiger partial charge in [-0.1, -0.05) is 48.9 Å². The van der Waals surface area contributed by atoms with Crippen LogP contribution in [0.2, 0.25) is 0 Å². The fraction of sp³-hybridized carbons (Fsp3) is 0.429. The van der Waals surface area contributed by atoms with Crippen LogP contribution >= 0.6 is 0 Å². The summed E-state index contributed by atoms with van der Waals surface area (Å²) in [5.41, 5.74) is 4.16. The zero-order valence-electron chi connectivity index (χ0n) is 21.8. The van der Waals surface area contributed by atoms with Crippen molar-refractivity contribution in [3.8, 4) is 11.4 Å². The number of sulfonamides is 1. The largest absolute Gasteiger partial charge is 0.483 e. The fourth-order valence-electron chi connectivity index (χ4n) is 4.91. The molecule has 1 aromatic heterocycles. The van der Waals surface area contributed by atoms with Crippen molar-refractivity contribution in [3.63, 3.8) is 0 Å². The van der Waals surface area contributed by atoms with Crippen molar-refractivity contribution < 1.29 is 22.4 Å². The first kappa shape index (κ1) is 25.6. The Bertz CT molecular complexity index is 1450. The molecule has 2 fully saturated rings. The molecule has 2 aliphatic rings. The Morgan fingerprint density at radius 1 is 1.00 bits per heavy atom. The van der Waals surface area contributed by atoms with E-state index in [0.29, 0.717) is 54.2 Å². The SMILES string of the molecule is Cc1cccc(CS(=O)(=O)[NH+]2CC[NH+](c3cnn(-c4cccc(C)c4)c(=O)c3OCC3(C)CC3)CC2)c1. The second-order valence-corrected chi connectivity index (χ2v) is 13.0. The van der Waals surface area contributed by atoms with Crippen LogP contribution in [0, 0.1) is 19.3 Å². The van der Waals surface area contributed by atoms with Crippen LogP contribution < -0.4 is 19.5 Å². The van der Waals surface area contributed by atoms with Crippen LogP contribution in [0.25, 0.3) is 5.69 Å². The van der Waals surface area contributed by atoms with E-state index < -0.39 is 10.0 Å². The van der Waals surface area contributed by atoms with Gasteiger partial charge in [0.1, 0.15) is 38.1 Å². The van der Waals surface area contributed by atoms with Gasteiger partial charge in [-0.2, -0.15) is 18.2 Å². The van der Waals surface area contributed by atoms with Crippen molar-refractivity contribution in [2.75, 3.05) is 32.8 Å². The van der Waals surface area contributed by atoms with Crippen LogP contribution in [-0.2, 0) is 15.8 Å². The summed E-state index contributed by atoms with van der Waals surface area (Å²) < 4.78 is 34.5. The Hall–Kier alpha value is -3.01. The van der Waals surface area contributed by atoms with Crippen molar-refractivity contribution in [1.29, 1.82) is 0 Å². The third kappa shape index (κ3) is 5.79. The predicted octanol–water partition coefficient (Wildman–Crippen LogP) is 0.973. The van der Waals surface area contributed by atoms with Gasteiger partial charge in [-0.15, -0.1) is 0 Å². The highest BCUT2D eigenvalue weighted by molar-refractivity contribution is 7.84. The third-order valence-corrected chi connectivity index (χ3v) is 9.52. The molecule has 2 heterocycles. The minimum Gasteiger partial charge on any atom is -0.483 e. The highest BCUT2D eigenvalue weighted by Crippen LogP contribution is 2.45. The number of ether oxygens (including phenoxy) is 1. The van der Waals surface area contributed by atoms with E-state index in [-0.39, 0.29) is 16.7 Å². The Morgan fingerprint density at radius 3 is 2.32 bits per heavy atom. The summed E-state index contributed by atoms with van der Waals surface area (Å²) in [5.74, 6) is 0.353. The van der Waals surface area contributed by atoms with E-state index in [2.05, 4.69) is 12.0 Å². The summed E-state index contributed by atoms with van der Waals surface area (Å²) >= 11 is 0. The molecule has 0 bridgehead atoms. The fourth-order valence-corrected chi connectivity index (χ4v) is 6.56. The molecule has 1 aliphatic carbocycles. The van der Waals surface area contributed by atoms with Gasteiger partial charge in [-0.3, -0.25) is 9.69 Å². The van der Waals surface area contributed by atoms with E-state index in [1.54, 1.807) is 6.20 Å². The first-order valence-electron chi connectivity index (χ1n) is 12.9. The van der Waals surface area contributed by atoms with Gasteiger partial charge in [0, 0.05) is 5.41 Å². The van der Waals surface area contributed by atoms with Crippen LogP contribution in [0.1, 0.15) is 36.5 Å².